The summed E-state index contributed by atoms with van der Waals surface area (Å²) < 4.78 is 0. The van der Waals surface area contributed by atoms with Crippen molar-refractivity contribution in [2.75, 3.05) is 36.8 Å². The molecule has 1 fully saturated rings. The number of hydrogen-bond donors (Lipinski definition) is 1. The molecule has 3 rings (SSSR count). The van der Waals surface area contributed by atoms with Gasteiger partial charge in [0.05, 0.1) is 0 Å². The Balaban J connectivity index is 1.63. The summed E-state index contributed by atoms with van der Waals surface area (Å²) in [6.07, 6.45) is 1.77. The molecule has 7 nitrogen and oxygen atoms in total. The summed E-state index contributed by atoms with van der Waals surface area (Å²) in [5.41, 5.74) is 5.80. The molecule has 0 unspecified atom stereocenters. The van der Waals surface area contributed by atoms with E-state index >= 15 is 0 Å². The lowest BCUT2D eigenvalue weighted by molar-refractivity contribution is 0.0739. The SMILES string of the molecule is Nc1ccc(C(=O)N2CCN(c3ccccn3)CC2)nn1. The molecule has 0 radical (unpaired) electrons. The molecule has 0 spiro atoms. The highest BCUT2D eigenvalue weighted by Gasteiger charge is 2.23. The number of amides is 1. The zero-order chi connectivity index (χ0) is 14.7. The molecule has 2 N–H and O–H groups in total. The maximum absolute atomic E-state index is 12.3. The summed E-state index contributed by atoms with van der Waals surface area (Å²) in [4.78, 5) is 20.6. The molecule has 0 bridgehead atoms. The van der Waals surface area contributed by atoms with Gasteiger partial charge < -0.3 is 15.5 Å². The molecule has 1 saturated heterocycles. The van der Waals surface area contributed by atoms with E-state index < -0.39 is 0 Å². The number of nitrogens with zero attached hydrogens (tertiary/aromatic N) is 5. The first-order valence-corrected chi connectivity index (χ1v) is 6.78. The molecule has 21 heavy (non-hydrogen) atoms. The quantitative estimate of drug-likeness (QED) is 0.859. The first-order chi connectivity index (χ1) is 10.2. The molecule has 1 amide bonds. The lowest BCUT2D eigenvalue weighted by atomic mass is 10.2. The van der Waals surface area contributed by atoms with Crippen molar-refractivity contribution in [1.82, 2.24) is 20.1 Å². The average Bonchev–Trinajstić information content (AvgIpc) is 2.56. The molecule has 1 aliphatic heterocycles. The molecule has 0 atom stereocenters. The van der Waals surface area contributed by atoms with E-state index in [0.717, 1.165) is 18.9 Å². The van der Waals surface area contributed by atoms with Gasteiger partial charge in [0.25, 0.3) is 5.91 Å². The van der Waals surface area contributed by atoms with E-state index in [1.807, 2.05) is 18.2 Å². The van der Waals surface area contributed by atoms with Gasteiger partial charge in [0.15, 0.2) is 5.69 Å². The Morgan fingerprint density at radius 2 is 1.86 bits per heavy atom. The monoisotopic (exact) mass is 284 g/mol. The van der Waals surface area contributed by atoms with Gasteiger partial charge in [-0.3, -0.25) is 4.79 Å². The number of carbonyl (C=O) groups is 1. The van der Waals surface area contributed by atoms with Crippen LogP contribution >= 0.6 is 0 Å². The Bertz CT molecular complexity index is 607. The Morgan fingerprint density at radius 1 is 1.05 bits per heavy atom. The zero-order valence-corrected chi connectivity index (χ0v) is 11.5. The standard InChI is InChI=1S/C14H16N6O/c15-12-5-4-11(17-18-12)14(21)20-9-7-19(8-10-20)13-3-1-2-6-16-13/h1-6H,7-10H2,(H2,15,18). The summed E-state index contributed by atoms with van der Waals surface area (Å²) in [6, 6.07) is 9.02. The lowest BCUT2D eigenvalue weighted by Crippen LogP contribution is -2.49. The van der Waals surface area contributed by atoms with Crippen molar-refractivity contribution in [2.45, 2.75) is 0 Å². The van der Waals surface area contributed by atoms with E-state index in [1.165, 1.54) is 0 Å². The number of rotatable bonds is 2. The zero-order valence-electron chi connectivity index (χ0n) is 11.5. The third kappa shape index (κ3) is 2.91. The van der Waals surface area contributed by atoms with E-state index in [2.05, 4.69) is 20.1 Å². The number of nitrogens with two attached hydrogens (primary N) is 1. The third-order valence-corrected chi connectivity index (χ3v) is 3.44. The van der Waals surface area contributed by atoms with Crippen molar-refractivity contribution < 1.29 is 4.79 Å². The fraction of sp³-hybridized carbons (Fsp3) is 0.286. The minimum Gasteiger partial charge on any atom is -0.382 e. The minimum absolute atomic E-state index is 0.108. The molecule has 0 saturated carbocycles. The maximum Gasteiger partial charge on any atom is 0.274 e. The Kier molecular flexibility index (Phi) is 3.63. The van der Waals surface area contributed by atoms with Crippen LogP contribution in [0.5, 0.6) is 0 Å². The van der Waals surface area contributed by atoms with Crippen LogP contribution in [0.15, 0.2) is 36.5 Å². The summed E-state index contributed by atoms with van der Waals surface area (Å²) in [7, 11) is 0. The van der Waals surface area contributed by atoms with Gasteiger partial charge in [0, 0.05) is 32.4 Å². The van der Waals surface area contributed by atoms with Crippen LogP contribution in [0, 0.1) is 0 Å². The van der Waals surface area contributed by atoms with E-state index in [-0.39, 0.29) is 5.91 Å². The van der Waals surface area contributed by atoms with Crippen LogP contribution in [0.2, 0.25) is 0 Å². The summed E-state index contributed by atoms with van der Waals surface area (Å²) in [5.74, 6) is 1.14. The molecular weight excluding hydrogens is 268 g/mol. The van der Waals surface area contributed by atoms with Crippen molar-refractivity contribution in [3.05, 3.63) is 42.2 Å². The number of carbonyl (C=O) groups excluding carboxylic acids is 1. The van der Waals surface area contributed by atoms with E-state index in [0.29, 0.717) is 24.6 Å². The van der Waals surface area contributed by atoms with Gasteiger partial charge in [-0.1, -0.05) is 6.07 Å². The second-order valence-corrected chi connectivity index (χ2v) is 4.81. The van der Waals surface area contributed by atoms with Crippen LogP contribution in [-0.2, 0) is 0 Å². The summed E-state index contributed by atoms with van der Waals surface area (Å²) in [5, 5.41) is 7.56. The third-order valence-electron chi connectivity index (χ3n) is 3.44. The minimum atomic E-state index is -0.108. The van der Waals surface area contributed by atoms with Crippen LogP contribution in [0.1, 0.15) is 10.5 Å². The first kappa shape index (κ1) is 13.3. The number of pyridine rings is 1. The van der Waals surface area contributed by atoms with Crippen LogP contribution in [-0.4, -0.2) is 52.2 Å². The molecular formula is C14H16N6O. The highest BCUT2D eigenvalue weighted by atomic mass is 16.2. The molecule has 1 aliphatic rings. The molecule has 0 aliphatic carbocycles. The van der Waals surface area contributed by atoms with Gasteiger partial charge in [-0.05, 0) is 24.3 Å². The molecule has 7 heteroatoms. The average molecular weight is 284 g/mol. The smallest absolute Gasteiger partial charge is 0.274 e. The number of piperazine rings is 1. The van der Waals surface area contributed by atoms with E-state index in [9.17, 15) is 4.79 Å². The number of nitrogen functional groups attached to an aromatic ring is 1. The number of anilines is 2. The van der Waals surface area contributed by atoms with Gasteiger partial charge in [0.2, 0.25) is 0 Å². The first-order valence-electron chi connectivity index (χ1n) is 6.78. The van der Waals surface area contributed by atoms with Crippen LogP contribution in [0.25, 0.3) is 0 Å². The Hall–Kier alpha value is -2.70. The summed E-state index contributed by atoms with van der Waals surface area (Å²) >= 11 is 0. The van der Waals surface area contributed by atoms with Crippen LogP contribution in [0.4, 0.5) is 11.6 Å². The predicted molar refractivity (Wildman–Crippen MR) is 78.8 cm³/mol. The molecule has 0 aromatic carbocycles. The fourth-order valence-electron chi connectivity index (χ4n) is 2.30. The number of hydrogen-bond acceptors (Lipinski definition) is 6. The van der Waals surface area contributed by atoms with E-state index in [1.54, 1.807) is 23.2 Å². The highest BCUT2D eigenvalue weighted by molar-refractivity contribution is 5.92. The second kappa shape index (κ2) is 5.74. The fourth-order valence-corrected chi connectivity index (χ4v) is 2.30. The van der Waals surface area contributed by atoms with Crippen LogP contribution in [0.3, 0.4) is 0 Å². The van der Waals surface area contributed by atoms with Gasteiger partial charge in [0.1, 0.15) is 11.6 Å². The van der Waals surface area contributed by atoms with Crippen molar-refractivity contribution in [3.63, 3.8) is 0 Å². The van der Waals surface area contributed by atoms with Gasteiger partial charge >= 0.3 is 0 Å². The van der Waals surface area contributed by atoms with E-state index in [4.69, 9.17) is 5.73 Å². The topological polar surface area (TPSA) is 88.2 Å². The highest BCUT2D eigenvalue weighted by Crippen LogP contribution is 2.13. The van der Waals surface area contributed by atoms with Gasteiger partial charge in [-0.25, -0.2) is 4.98 Å². The van der Waals surface area contributed by atoms with Gasteiger partial charge in [-0.15, -0.1) is 10.2 Å². The van der Waals surface area contributed by atoms with Crippen molar-refractivity contribution in [3.8, 4) is 0 Å². The number of aromatic nitrogens is 3. The Labute approximate surface area is 122 Å². The summed E-state index contributed by atoms with van der Waals surface area (Å²) in [6.45, 7) is 2.79. The normalized spacial score (nSPS) is 15.0. The molecule has 3 heterocycles. The maximum atomic E-state index is 12.3. The van der Waals surface area contributed by atoms with Crippen LogP contribution < -0.4 is 10.6 Å². The van der Waals surface area contributed by atoms with Crippen molar-refractivity contribution in [1.29, 1.82) is 0 Å². The van der Waals surface area contributed by atoms with Crippen molar-refractivity contribution in [2.24, 2.45) is 0 Å². The lowest BCUT2D eigenvalue weighted by Gasteiger charge is -2.35. The second-order valence-electron chi connectivity index (χ2n) is 4.81. The van der Waals surface area contributed by atoms with Gasteiger partial charge in [-0.2, -0.15) is 0 Å². The Morgan fingerprint density at radius 3 is 2.48 bits per heavy atom. The largest absolute Gasteiger partial charge is 0.382 e. The molecule has 2 aromatic heterocycles. The van der Waals surface area contributed by atoms with Crippen molar-refractivity contribution >= 4 is 17.5 Å². The molecule has 2 aromatic rings. The molecule has 108 valence electrons. The predicted octanol–water partition coefficient (Wildman–Crippen LogP) is 0.416.